The first-order valence-electron chi connectivity index (χ1n) is 10.4. The van der Waals surface area contributed by atoms with Crippen LogP contribution in [0.15, 0.2) is 41.2 Å². The summed E-state index contributed by atoms with van der Waals surface area (Å²) in [5.74, 6) is -0.968. The molecule has 11 heteroatoms. The number of hydrogen-bond acceptors (Lipinski definition) is 4. The number of carbonyl (C=O) groups is 1. The van der Waals surface area contributed by atoms with E-state index in [0.717, 1.165) is 4.68 Å². The molecule has 0 bridgehead atoms. The summed E-state index contributed by atoms with van der Waals surface area (Å²) < 4.78 is 54.0. The first-order valence-corrected chi connectivity index (χ1v) is 10.8. The summed E-state index contributed by atoms with van der Waals surface area (Å²) >= 11 is 5.86. The molecular weight excluding hydrogens is 462 g/mol. The molecule has 1 aliphatic rings. The highest BCUT2D eigenvalue weighted by molar-refractivity contribution is 6.32. The quantitative estimate of drug-likeness (QED) is 0.440. The summed E-state index contributed by atoms with van der Waals surface area (Å²) in [6, 6.07) is 4.61. The number of benzene rings is 1. The minimum absolute atomic E-state index is 0.0598. The third-order valence-electron chi connectivity index (χ3n) is 5.68. The van der Waals surface area contributed by atoms with Gasteiger partial charge in [-0.15, -0.1) is 0 Å². The molecule has 0 spiro atoms. The van der Waals surface area contributed by atoms with Crippen LogP contribution in [0.4, 0.5) is 23.2 Å². The van der Waals surface area contributed by atoms with Gasteiger partial charge in [0.05, 0.1) is 27.8 Å². The topological polar surface area (TPSA) is 76.5 Å². The standard InChI is InChI=1S/C22H24ClF4N5O/c1-4-12(2)19(29-15-7-5-14(24)6-8-15)17(11-28)31-10-9-16(21(31)33)32-13(3)18(23)20(30-32)22(25,26)27/h5-8,11-12,16H,4,9-10,28H2,1-3H3. The zero-order chi connectivity index (χ0) is 24.5. The van der Waals surface area contributed by atoms with Crippen molar-refractivity contribution < 1.29 is 22.4 Å². The number of aromatic nitrogens is 2. The predicted octanol–water partition coefficient (Wildman–Crippen LogP) is 5.40. The molecule has 1 aromatic carbocycles. The van der Waals surface area contributed by atoms with Crippen LogP contribution in [-0.2, 0) is 11.0 Å². The molecule has 2 heterocycles. The second-order valence-electron chi connectivity index (χ2n) is 7.82. The Morgan fingerprint density at radius 2 is 2.00 bits per heavy atom. The van der Waals surface area contributed by atoms with Crippen molar-refractivity contribution in [2.24, 2.45) is 16.6 Å². The molecule has 1 saturated heterocycles. The Labute approximate surface area is 193 Å². The smallest absolute Gasteiger partial charge is 0.403 e. The monoisotopic (exact) mass is 485 g/mol. The number of carbonyl (C=O) groups excluding carboxylic acids is 1. The predicted molar refractivity (Wildman–Crippen MR) is 118 cm³/mol. The van der Waals surface area contributed by atoms with Gasteiger partial charge in [-0.05, 0) is 44.0 Å². The molecule has 2 atom stereocenters. The average Bonchev–Trinajstić information content (AvgIpc) is 3.28. The highest BCUT2D eigenvalue weighted by Crippen LogP contribution is 2.38. The van der Waals surface area contributed by atoms with E-state index in [2.05, 4.69) is 10.1 Å². The van der Waals surface area contributed by atoms with Gasteiger partial charge in [0.25, 0.3) is 5.91 Å². The number of rotatable bonds is 6. The number of amides is 1. The molecule has 3 rings (SSSR count). The van der Waals surface area contributed by atoms with Crippen LogP contribution < -0.4 is 5.73 Å². The Kier molecular flexibility index (Phi) is 7.16. The lowest BCUT2D eigenvalue weighted by atomic mass is 9.99. The lowest BCUT2D eigenvalue weighted by Crippen LogP contribution is -2.34. The van der Waals surface area contributed by atoms with Crippen LogP contribution in [0, 0.1) is 18.7 Å². The Bertz CT molecular complexity index is 1090. The Balaban J connectivity index is 1.97. The van der Waals surface area contributed by atoms with E-state index in [0.29, 0.717) is 23.5 Å². The van der Waals surface area contributed by atoms with Gasteiger partial charge >= 0.3 is 6.18 Å². The maximum absolute atomic E-state index is 13.3. The van der Waals surface area contributed by atoms with Gasteiger partial charge in [0.2, 0.25) is 0 Å². The van der Waals surface area contributed by atoms with Crippen molar-refractivity contribution in [2.45, 2.75) is 45.8 Å². The van der Waals surface area contributed by atoms with Crippen LogP contribution in [0.1, 0.15) is 44.1 Å². The van der Waals surface area contributed by atoms with Crippen molar-refractivity contribution >= 4 is 28.9 Å². The number of likely N-dealkylation sites (tertiary alicyclic amines) is 1. The number of allylic oxidation sites excluding steroid dienone is 1. The minimum Gasteiger partial charge on any atom is -0.403 e. The molecule has 1 aliphatic heterocycles. The van der Waals surface area contributed by atoms with Gasteiger partial charge in [0.1, 0.15) is 11.9 Å². The number of nitrogens with two attached hydrogens (primary N) is 1. The van der Waals surface area contributed by atoms with E-state index in [1.54, 1.807) is 0 Å². The number of hydrogen-bond donors (Lipinski definition) is 1. The van der Waals surface area contributed by atoms with Gasteiger partial charge < -0.3 is 10.6 Å². The zero-order valence-corrected chi connectivity index (χ0v) is 19.1. The van der Waals surface area contributed by atoms with Crippen LogP contribution in [0.2, 0.25) is 5.02 Å². The van der Waals surface area contributed by atoms with E-state index in [1.165, 1.54) is 42.3 Å². The van der Waals surface area contributed by atoms with Crippen LogP contribution in [0.3, 0.4) is 0 Å². The molecule has 1 fully saturated rings. The zero-order valence-electron chi connectivity index (χ0n) is 18.3. The molecule has 178 valence electrons. The largest absolute Gasteiger partial charge is 0.436 e. The van der Waals surface area contributed by atoms with Gasteiger partial charge in [-0.25, -0.2) is 4.39 Å². The highest BCUT2D eigenvalue weighted by atomic mass is 35.5. The maximum atomic E-state index is 13.3. The van der Waals surface area contributed by atoms with E-state index < -0.39 is 34.7 Å². The summed E-state index contributed by atoms with van der Waals surface area (Å²) in [7, 11) is 0. The van der Waals surface area contributed by atoms with Crippen molar-refractivity contribution in [2.75, 3.05) is 6.54 Å². The van der Waals surface area contributed by atoms with Crippen LogP contribution in [-0.4, -0.2) is 32.8 Å². The molecule has 2 aromatic rings. The molecule has 1 amide bonds. The first-order chi connectivity index (χ1) is 15.5. The van der Waals surface area contributed by atoms with Gasteiger partial charge in [-0.3, -0.25) is 14.5 Å². The fourth-order valence-electron chi connectivity index (χ4n) is 3.70. The molecule has 0 saturated carbocycles. The van der Waals surface area contributed by atoms with Gasteiger partial charge in [-0.1, -0.05) is 25.4 Å². The summed E-state index contributed by atoms with van der Waals surface area (Å²) in [5, 5.41) is 3.07. The van der Waals surface area contributed by atoms with Gasteiger partial charge in [0, 0.05) is 18.7 Å². The summed E-state index contributed by atoms with van der Waals surface area (Å²) in [5.41, 5.74) is 6.09. The minimum atomic E-state index is -4.73. The Morgan fingerprint density at radius 1 is 1.36 bits per heavy atom. The lowest BCUT2D eigenvalue weighted by molar-refractivity contribution is -0.142. The van der Waals surface area contributed by atoms with E-state index >= 15 is 0 Å². The van der Waals surface area contributed by atoms with E-state index in [4.69, 9.17) is 17.3 Å². The van der Waals surface area contributed by atoms with Crippen molar-refractivity contribution in [3.63, 3.8) is 0 Å². The first kappa shape index (κ1) is 24.8. The van der Waals surface area contributed by atoms with E-state index in [-0.39, 0.29) is 24.6 Å². The third-order valence-corrected chi connectivity index (χ3v) is 6.14. The van der Waals surface area contributed by atoms with Crippen LogP contribution in [0.5, 0.6) is 0 Å². The van der Waals surface area contributed by atoms with Crippen molar-refractivity contribution in [3.8, 4) is 0 Å². The molecule has 0 radical (unpaired) electrons. The van der Waals surface area contributed by atoms with E-state index in [1.807, 2.05) is 13.8 Å². The van der Waals surface area contributed by atoms with Crippen LogP contribution in [0.25, 0.3) is 0 Å². The second-order valence-corrected chi connectivity index (χ2v) is 8.20. The molecule has 1 aromatic heterocycles. The Morgan fingerprint density at radius 3 is 2.52 bits per heavy atom. The molecule has 2 N–H and O–H groups in total. The van der Waals surface area contributed by atoms with Crippen molar-refractivity contribution in [3.05, 3.63) is 58.4 Å². The fraction of sp³-hybridized carbons (Fsp3) is 0.409. The molecule has 6 nitrogen and oxygen atoms in total. The summed E-state index contributed by atoms with van der Waals surface area (Å²) in [6.45, 7) is 5.46. The highest BCUT2D eigenvalue weighted by Gasteiger charge is 2.42. The van der Waals surface area contributed by atoms with Crippen LogP contribution >= 0.6 is 11.6 Å². The third kappa shape index (κ3) is 4.90. The fourth-order valence-corrected chi connectivity index (χ4v) is 3.93. The maximum Gasteiger partial charge on any atom is 0.436 e. The summed E-state index contributed by atoms with van der Waals surface area (Å²) in [6.07, 6.45) is -2.57. The molecule has 33 heavy (non-hydrogen) atoms. The molecule has 2 unspecified atom stereocenters. The van der Waals surface area contributed by atoms with Gasteiger partial charge in [0.15, 0.2) is 5.69 Å². The van der Waals surface area contributed by atoms with E-state index in [9.17, 15) is 22.4 Å². The lowest BCUT2D eigenvalue weighted by Gasteiger charge is -2.24. The van der Waals surface area contributed by atoms with Crippen molar-refractivity contribution in [1.82, 2.24) is 14.7 Å². The number of alkyl halides is 3. The number of aliphatic imine (C=N–C) groups is 1. The van der Waals surface area contributed by atoms with Gasteiger partial charge in [-0.2, -0.15) is 18.3 Å². The Hall–Kier alpha value is -2.88. The molecule has 0 aliphatic carbocycles. The number of halogens is 5. The second kappa shape index (κ2) is 9.54. The summed E-state index contributed by atoms with van der Waals surface area (Å²) in [4.78, 5) is 19.3. The normalized spacial score (nSPS) is 18.8. The number of nitrogens with zero attached hydrogens (tertiary/aromatic N) is 4. The molecular formula is C22H24ClF4N5O. The SMILES string of the molecule is CCC(C)C(=Nc1ccc(F)cc1)C(=CN)N1CCC(n2nc(C(F)(F)F)c(Cl)c2C)C1=O. The van der Waals surface area contributed by atoms with Crippen molar-refractivity contribution in [1.29, 1.82) is 0 Å². The average molecular weight is 486 g/mol.